The first-order valence-corrected chi connectivity index (χ1v) is 8.75. The van der Waals surface area contributed by atoms with Gasteiger partial charge in [-0.15, -0.1) is 0 Å². The molecule has 0 aromatic heterocycles. The minimum atomic E-state index is -3.28. The molecule has 0 fully saturated rings. The molecule has 0 unspecified atom stereocenters. The van der Waals surface area contributed by atoms with E-state index in [9.17, 15) is 13.2 Å². The molecule has 6 nitrogen and oxygen atoms in total. The Labute approximate surface area is 123 Å². The Balaban J connectivity index is 4.63. The number of carbonyl (C=O) groups excluding carboxylic acids is 1. The van der Waals surface area contributed by atoms with E-state index in [4.69, 9.17) is 5.73 Å². The SMILES string of the molecule is CCCC(CN)(CCC)C(=O)NCCS(=O)(=O)N(C)C. The molecule has 0 bridgehead atoms. The lowest BCUT2D eigenvalue weighted by molar-refractivity contribution is -0.131. The van der Waals surface area contributed by atoms with E-state index in [1.54, 1.807) is 0 Å². The Morgan fingerprint density at radius 2 is 1.70 bits per heavy atom. The number of amides is 1. The molecule has 0 rings (SSSR count). The van der Waals surface area contributed by atoms with Gasteiger partial charge in [0.2, 0.25) is 15.9 Å². The zero-order valence-electron chi connectivity index (χ0n) is 13.1. The smallest absolute Gasteiger partial charge is 0.227 e. The van der Waals surface area contributed by atoms with Crippen LogP contribution in [-0.2, 0) is 14.8 Å². The summed E-state index contributed by atoms with van der Waals surface area (Å²) in [6.07, 6.45) is 3.20. The van der Waals surface area contributed by atoms with Gasteiger partial charge in [-0.05, 0) is 12.8 Å². The molecule has 0 saturated carbocycles. The zero-order chi connectivity index (χ0) is 15.8. The molecule has 0 aromatic carbocycles. The minimum Gasteiger partial charge on any atom is -0.355 e. The number of nitrogens with zero attached hydrogens (tertiary/aromatic N) is 1. The lowest BCUT2D eigenvalue weighted by Crippen LogP contribution is -2.47. The van der Waals surface area contributed by atoms with E-state index >= 15 is 0 Å². The summed E-state index contributed by atoms with van der Waals surface area (Å²) >= 11 is 0. The third kappa shape index (κ3) is 5.38. The highest BCUT2D eigenvalue weighted by molar-refractivity contribution is 7.89. The van der Waals surface area contributed by atoms with Crippen molar-refractivity contribution < 1.29 is 13.2 Å². The molecule has 0 aliphatic carbocycles. The van der Waals surface area contributed by atoms with Crippen molar-refractivity contribution in [2.24, 2.45) is 11.1 Å². The van der Waals surface area contributed by atoms with Crippen LogP contribution in [0.2, 0.25) is 0 Å². The Morgan fingerprint density at radius 1 is 1.20 bits per heavy atom. The summed E-state index contributed by atoms with van der Waals surface area (Å²) in [4.78, 5) is 12.3. The third-order valence-corrected chi connectivity index (χ3v) is 5.36. The van der Waals surface area contributed by atoms with Gasteiger partial charge >= 0.3 is 0 Å². The predicted octanol–water partition coefficient (Wildman–Crippen LogP) is 0.539. The average Bonchev–Trinajstić information content (AvgIpc) is 2.37. The first-order valence-electron chi connectivity index (χ1n) is 7.14. The summed E-state index contributed by atoms with van der Waals surface area (Å²) in [5, 5.41) is 2.73. The van der Waals surface area contributed by atoms with Crippen LogP contribution in [0.3, 0.4) is 0 Å². The van der Waals surface area contributed by atoms with Gasteiger partial charge in [-0.25, -0.2) is 12.7 Å². The van der Waals surface area contributed by atoms with Crippen LogP contribution in [0, 0.1) is 5.41 Å². The molecule has 20 heavy (non-hydrogen) atoms. The summed E-state index contributed by atoms with van der Waals surface area (Å²) in [5.41, 5.74) is 5.24. The number of hydrogen-bond donors (Lipinski definition) is 2. The van der Waals surface area contributed by atoms with Gasteiger partial charge in [0.25, 0.3) is 0 Å². The van der Waals surface area contributed by atoms with Gasteiger partial charge in [0.1, 0.15) is 0 Å². The second kappa shape index (κ2) is 8.59. The minimum absolute atomic E-state index is 0.0926. The van der Waals surface area contributed by atoms with Crippen molar-refractivity contribution in [2.45, 2.75) is 39.5 Å². The molecule has 0 spiro atoms. The van der Waals surface area contributed by atoms with Crippen LogP contribution in [0.1, 0.15) is 39.5 Å². The van der Waals surface area contributed by atoms with E-state index in [1.165, 1.54) is 14.1 Å². The van der Waals surface area contributed by atoms with Crippen molar-refractivity contribution in [1.29, 1.82) is 0 Å². The fourth-order valence-corrected chi connectivity index (χ4v) is 2.99. The first-order chi connectivity index (χ1) is 9.25. The monoisotopic (exact) mass is 307 g/mol. The second-order valence-electron chi connectivity index (χ2n) is 5.34. The maximum absolute atomic E-state index is 12.3. The van der Waals surface area contributed by atoms with Gasteiger partial charge in [0, 0.05) is 27.2 Å². The number of rotatable bonds is 10. The molecular weight excluding hydrogens is 278 g/mol. The van der Waals surface area contributed by atoms with Gasteiger partial charge in [0.05, 0.1) is 11.2 Å². The van der Waals surface area contributed by atoms with Crippen LogP contribution in [-0.4, -0.2) is 51.6 Å². The van der Waals surface area contributed by atoms with E-state index in [0.29, 0.717) is 6.54 Å². The molecule has 0 saturated heterocycles. The quantitative estimate of drug-likeness (QED) is 0.616. The van der Waals surface area contributed by atoms with Crippen molar-refractivity contribution in [3.8, 4) is 0 Å². The van der Waals surface area contributed by atoms with Crippen molar-refractivity contribution in [3.63, 3.8) is 0 Å². The van der Waals surface area contributed by atoms with Crippen molar-refractivity contribution in [3.05, 3.63) is 0 Å². The Morgan fingerprint density at radius 3 is 2.05 bits per heavy atom. The predicted molar refractivity (Wildman–Crippen MR) is 81.8 cm³/mol. The van der Waals surface area contributed by atoms with Crippen molar-refractivity contribution >= 4 is 15.9 Å². The van der Waals surface area contributed by atoms with Crippen LogP contribution < -0.4 is 11.1 Å². The zero-order valence-corrected chi connectivity index (χ0v) is 13.9. The third-order valence-electron chi connectivity index (χ3n) is 3.53. The average molecular weight is 307 g/mol. The molecule has 0 radical (unpaired) electrons. The number of hydrogen-bond acceptors (Lipinski definition) is 4. The fraction of sp³-hybridized carbons (Fsp3) is 0.923. The molecule has 1 amide bonds. The molecule has 3 N–H and O–H groups in total. The molecule has 0 heterocycles. The summed E-state index contributed by atoms with van der Waals surface area (Å²) in [5.74, 6) is -0.220. The lowest BCUT2D eigenvalue weighted by atomic mass is 9.78. The molecular formula is C13H29N3O3S. The van der Waals surface area contributed by atoms with E-state index in [0.717, 1.165) is 30.0 Å². The Hall–Kier alpha value is -0.660. The van der Waals surface area contributed by atoms with Crippen LogP contribution in [0.5, 0.6) is 0 Å². The number of carbonyl (C=O) groups is 1. The van der Waals surface area contributed by atoms with E-state index in [2.05, 4.69) is 5.32 Å². The Bertz CT molecular complexity index is 388. The standard InChI is InChI=1S/C13H29N3O3S/c1-5-7-13(11-14,8-6-2)12(17)15-9-10-20(18,19)16(3)4/h5-11,14H2,1-4H3,(H,15,17). The highest BCUT2D eigenvalue weighted by Crippen LogP contribution is 2.28. The first kappa shape index (κ1) is 19.3. The van der Waals surface area contributed by atoms with Gasteiger partial charge in [-0.3, -0.25) is 4.79 Å². The van der Waals surface area contributed by atoms with Crippen LogP contribution in [0.15, 0.2) is 0 Å². The topological polar surface area (TPSA) is 92.5 Å². The molecule has 0 aliphatic heterocycles. The molecule has 0 aliphatic rings. The second-order valence-corrected chi connectivity index (χ2v) is 7.64. The normalized spacial score (nSPS) is 12.7. The van der Waals surface area contributed by atoms with Gasteiger partial charge in [-0.2, -0.15) is 0 Å². The summed E-state index contributed by atoms with van der Waals surface area (Å²) < 4.78 is 24.4. The lowest BCUT2D eigenvalue weighted by Gasteiger charge is -2.30. The van der Waals surface area contributed by atoms with E-state index in [1.807, 2.05) is 13.8 Å². The fourth-order valence-electron chi connectivity index (χ4n) is 2.27. The van der Waals surface area contributed by atoms with Crippen LogP contribution in [0.4, 0.5) is 0 Å². The highest BCUT2D eigenvalue weighted by Gasteiger charge is 2.35. The van der Waals surface area contributed by atoms with Gasteiger partial charge in [0.15, 0.2) is 0 Å². The van der Waals surface area contributed by atoms with Gasteiger partial charge in [-0.1, -0.05) is 26.7 Å². The molecule has 7 heteroatoms. The highest BCUT2D eigenvalue weighted by atomic mass is 32.2. The largest absolute Gasteiger partial charge is 0.355 e. The summed E-state index contributed by atoms with van der Waals surface area (Å²) in [7, 11) is -0.320. The van der Waals surface area contributed by atoms with Crippen LogP contribution >= 0.6 is 0 Å². The molecule has 0 aromatic rings. The summed E-state index contributed by atoms with van der Waals surface area (Å²) in [6.45, 7) is 4.45. The number of nitrogens with one attached hydrogen (secondary N) is 1. The molecule has 0 atom stereocenters. The number of sulfonamides is 1. The van der Waals surface area contributed by atoms with Crippen molar-refractivity contribution in [2.75, 3.05) is 32.9 Å². The van der Waals surface area contributed by atoms with Gasteiger partial charge < -0.3 is 11.1 Å². The molecule has 120 valence electrons. The van der Waals surface area contributed by atoms with Crippen LogP contribution in [0.25, 0.3) is 0 Å². The summed E-state index contributed by atoms with van der Waals surface area (Å²) in [6, 6.07) is 0. The van der Waals surface area contributed by atoms with Crippen molar-refractivity contribution in [1.82, 2.24) is 9.62 Å². The maximum Gasteiger partial charge on any atom is 0.227 e. The van der Waals surface area contributed by atoms with E-state index < -0.39 is 15.4 Å². The number of nitrogens with two attached hydrogens (primary N) is 1. The Kier molecular flexibility index (Phi) is 8.30. The maximum atomic E-state index is 12.3. The van der Waals surface area contributed by atoms with E-state index in [-0.39, 0.29) is 18.2 Å².